The van der Waals surface area contributed by atoms with Crippen molar-refractivity contribution < 1.29 is 5.73 Å². The molecule has 0 radical (unpaired) electrons. The molecule has 0 bridgehead atoms. The van der Waals surface area contributed by atoms with Crippen molar-refractivity contribution in [2.75, 3.05) is 6.54 Å². The average Bonchev–Trinajstić information content (AvgIpc) is 2.47. The lowest BCUT2D eigenvalue weighted by molar-refractivity contribution is -0.370. The van der Waals surface area contributed by atoms with Crippen LogP contribution in [0.25, 0.3) is 0 Å². The number of benzene rings is 2. The first-order valence-corrected chi connectivity index (χ1v) is 8.63. The minimum atomic E-state index is 0.201. The molecule has 0 fully saturated rings. The summed E-state index contributed by atoms with van der Waals surface area (Å²) in [5.41, 5.74) is 10.1. The lowest BCUT2D eigenvalue weighted by Crippen LogP contribution is -2.53. The molecular formula is C22H32N+. The van der Waals surface area contributed by atoms with Crippen molar-refractivity contribution in [2.24, 2.45) is 0 Å². The summed E-state index contributed by atoms with van der Waals surface area (Å²) in [5, 5.41) is 0. The minimum Gasteiger partial charge on any atom is -0.357 e. The van der Waals surface area contributed by atoms with E-state index < -0.39 is 0 Å². The third kappa shape index (κ3) is 4.23. The molecule has 0 aliphatic rings. The van der Waals surface area contributed by atoms with Crippen LogP contribution < -0.4 is 5.73 Å². The summed E-state index contributed by atoms with van der Waals surface area (Å²) >= 11 is 0. The molecule has 0 unspecified atom stereocenters. The SMILES string of the molecule is CC(C)(C)c1ccc(C(C[NH3+])c2ccc(C(C)(C)C)cc2)cc1. The predicted octanol–water partition coefficient (Wildman–Crippen LogP) is 4.66. The van der Waals surface area contributed by atoms with Crippen molar-refractivity contribution in [3.05, 3.63) is 70.8 Å². The Morgan fingerprint density at radius 2 is 0.957 bits per heavy atom. The third-order valence-corrected chi connectivity index (χ3v) is 4.65. The predicted molar refractivity (Wildman–Crippen MR) is 99.9 cm³/mol. The van der Waals surface area contributed by atoms with Gasteiger partial charge in [-0.1, -0.05) is 90.1 Å². The van der Waals surface area contributed by atoms with E-state index in [2.05, 4.69) is 95.8 Å². The van der Waals surface area contributed by atoms with Gasteiger partial charge in [0.25, 0.3) is 0 Å². The van der Waals surface area contributed by atoms with E-state index in [0.717, 1.165) is 6.54 Å². The molecule has 0 aliphatic heterocycles. The molecule has 2 aromatic rings. The van der Waals surface area contributed by atoms with Crippen molar-refractivity contribution in [3.63, 3.8) is 0 Å². The summed E-state index contributed by atoms with van der Waals surface area (Å²) in [7, 11) is 0. The van der Waals surface area contributed by atoms with Crippen molar-refractivity contribution in [1.82, 2.24) is 0 Å². The lowest BCUT2D eigenvalue weighted by Gasteiger charge is -2.22. The van der Waals surface area contributed by atoms with Crippen LogP contribution >= 0.6 is 0 Å². The van der Waals surface area contributed by atoms with Crippen LogP contribution in [0.3, 0.4) is 0 Å². The molecule has 0 saturated heterocycles. The van der Waals surface area contributed by atoms with Gasteiger partial charge < -0.3 is 5.73 Å². The second-order valence-electron chi connectivity index (χ2n) is 8.59. The highest BCUT2D eigenvalue weighted by atomic mass is 14.5. The second-order valence-corrected chi connectivity index (χ2v) is 8.59. The molecule has 1 nitrogen and oxygen atoms in total. The van der Waals surface area contributed by atoms with Crippen LogP contribution in [0.5, 0.6) is 0 Å². The molecule has 3 N–H and O–H groups in total. The Morgan fingerprint density at radius 1 is 0.652 bits per heavy atom. The standard InChI is InChI=1S/C22H31N/c1-21(2,3)18-11-7-16(8-12-18)20(15-23)17-9-13-19(14-10-17)22(4,5)6/h7-14,20H,15,23H2,1-6H3/p+1. The number of quaternary nitrogens is 1. The van der Waals surface area contributed by atoms with Gasteiger partial charge in [0.15, 0.2) is 0 Å². The molecule has 124 valence electrons. The average molecular weight is 311 g/mol. The topological polar surface area (TPSA) is 27.6 Å². The van der Waals surface area contributed by atoms with E-state index in [1.807, 2.05) is 0 Å². The summed E-state index contributed by atoms with van der Waals surface area (Å²) in [6.45, 7) is 14.4. The Hall–Kier alpha value is -1.60. The van der Waals surface area contributed by atoms with Gasteiger partial charge in [0.1, 0.15) is 0 Å². The van der Waals surface area contributed by atoms with Crippen LogP contribution in [-0.4, -0.2) is 6.54 Å². The minimum absolute atomic E-state index is 0.201. The molecule has 0 heterocycles. The van der Waals surface area contributed by atoms with Gasteiger partial charge in [-0.05, 0) is 33.1 Å². The monoisotopic (exact) mass is 310 g/mol. The summed E-state index contributed by atoms with van der Waals surface area (Å²) in [5.74, 6) is 0.373. The first kappa shape index (κ1) is 17.7. The van der Waals surface area contributed by atoms with Crippen molar-refractivity contribution in [1.29, 1.82) is 0 Å². The van der Waals surface area contributed by atoms with Crippen LogP contribution in [0.1, 0.15) is 69.7 Å². The summed E-state index contributed by atoms with van der Waals surface area (Å²) in [6.07, 6.45) is 0. The Kier molecular flexibility index (Phi) is 5.01. The maximum absolute atomic E-state index is 4.18. The van der Waals surface area contributed by atoms with Crippen molar-refractivity contribution >= 4 is 0 Å². The van der Waals surface area contributed by atoms with Crippen molar-refractivity contribution in [2.45, 2.75) is 58.3 Å². The highest BCUT2D eigenvalue weighted by Crippen LogP contribution is 2.29. The Morgan fingerprint density at radius 3 is 1.17 bits per heavy atom. The Labute approximate surface area is 141 Å². The van der Waals surface area contributed by atoms with Crippen molar-refractivity contribution in [3.8, 4) is 0 Å². The van der Waals surface area contributed by atoms with Gasteiger partial charge in [-0.15, -0.1) is 0 Å². The maximum Gasteiger partial charge on any atom is 0.0850 e. The van der Waals surface area contributed by atoms with Crippen LogP contribution in [0.4, 0.5) is 0 Å². The summed E-state index contributed by atoms with van der Waals surface area (Å²) < 4.78 is 0. The molecule has 0 aliphatic carbocycles. The first-order valence-electron chi connectivity index (χ1n) is 8.63. The molecule has 0 amide bonds. The summed E-state index contributed by atoms with van der Waals surface area (Å²) in [4.78, 5) is 0. The van der Waals surface area contributed by atoms with E-state index in [4.69, 9.17) is 0 Å². The largest absolute Gasteiger partial charge is 0.357 e. The maximum atomic E-state index is 4.18. The molecule has 2 aromatic carbocycles. The van der Waals surface area contributed by atoms with Gasteiger partial charge in [-0.25, -0.2) is 0 Å². The fraction of sp³-hybridized carbons (Fsp3) is 0.455. The molecule has 0 spiro atoms. The normalized spacial score (nSPS) is 12.7. The van der Waals surface area contributed by atoms with Crippen LogP contribution in [0.15, 0.2) is 48.5 Å². The van der Waals surface area contributed by atoms with E-state index in [-0.39, 0.29) is 10.8 Å². The van der Waals surface area contributed by atoms with E-state index in [0.29, 0.717) is 5.92 Å². The number of hydrogen-bond donors (Lipinski definition) is 1. The number of hydrogen-bond acceptors (Lipinski definition) is 0. The van der Waals surface area contributed by atoms with Gasteiger partial charge >= 0.3 is 0 Å². The van der Waals surface area contributed by atoms with Gasteiger partial charge in [0, 0.05) is 0 Å². The zero-order chi connectivity index (χ0) is 17.3. The molecule has 23 heavy (non-hydrogen) atoms. The molecule has 0 aromatic heterocycles. The number of rotatable bonds is 3. The van der Waals surface area contributed by atoms with Gasteiger partial charge in [-0.2, -0.15) is 0 Å². The van der Waals surface area contributed by atoms with Gasteiger partial charge in [0.2, 0.25) is 0 Å². The zero-order valence-corrected chi connectivity index (χ0v) is 15.6. The second kappa shape index (κ2) is 6.49. The third-order valence-electron chi connectivity index (χ3n) is 4.65. The van der Waals surface area contributed by atoms with E-state index >= 15 is 0 Å². The van der Waals surface area contributed by atoms with Crippen LogP contribution in [0, 0.1) is 0 Å². The smallest absolute Gasteiger partial charge is 0.0850 e. The van der Waals surface area contributed by atoms with E-state index in [9.17, 15) is 0 Å². The summed E-state index contributed by atoms with van der Waals surface area (Å²) in [6, 6.07) is 18.1. The highest BCUT2D eigenvalue weighted by molar-refractivity contribution is 5.38. The molecule has 0 saturated carbocycles. The first-order chi connectivity index (χ1) is 10.6. The highest BCUT2D eigenvalue weighted by Gasteiger charge is 2.19. The fourth-order valence-corrected chi connectivity index (χ4v) is 2.96. The van der Waals surface area contributed by atoms with Gasteiger partial charge in [-0.3, -0.25) is 0 Å². The van der Waals surface area contributed by atoms with Gasteiger partial charge in [0.05, 0.1) is 12.5 Å². The van der Waals surface area contributed by atoms with E-state index in [1.165, 1.54) is 22.3 Å². The zero-order valence-electron chi connectivity index (χ0n) is 15.6. The molecule has 2 rings (SSSR count). The fourth-order valence-electron chi connectivity index (χ4n) is 2.96. The quantitative estimate of drug-likeness (QED) is 0.854. The van der Waals surface area contributed by atoms with Crippen LogP contribution in [-0.2, 0) is 10.8 Å². The van der Waals surface area contributed by atoms with E-state index in [1.54, 1.807) is 0 Å². The lowest BCUT2D eigenvalue weighted by atomic mass is 9.83. The molecular weight excluding hydrogens is 278 g/mol. The molecule has 1 heteroatoms. The Balaban J connectivity index is 2.29. The van der Waals surface area contributed by atoms with Crippen LogP contribution in [0.2, 0.25) is 0 Å². The molecule has 0 atom stereocenters. The Bertz CT molecular complexity index is 564.